The van der Waals surface area contributed by atoms with Crippen LogP contribution < -0.4 is 5.32 Å². The number of carbonyl (C=O) groups is 1. The molecular weight excluding hydrogens is 321 g/mol. The number of nitrogens with zero attached hydrogens (tertiary/aromatic N) is 2. The number of carbonyl (C=O) groups excluding carboxylic acids is 1. The first-order valence-electron chi connectivity index (χ1n) is 8.86. The van der Waals surface area contributed by atoms with E-state index in [0.29, 0.717) is 18.4 Å². The molecule has 0 spiro atoms. The van der Waals surface area contributed by atoms with Gasteiger partial charge in [0.05, 0.1) is 0 Å². The summed E-state index contributed by atoms with van der Waals surface area (Å²) in [6.45, 7) is 3.30. The second-order valence-corrected chi connectivity index (χ2v) is 7.14. The average molecular weight is 343 g/mol. The molecule has 2 fully saturated rings. The number of nitrogens with one attached hydrogen (secondary N) is 1. The fourth-order valence-corrected chi connectivity index (χ4v) is 3.49. The Morgan fingerprint density at radius 3 is 2.80 bits per heavy atom. The number of hydrogen-bond acceptors (Lipinski definition) is 3. The lowest BCUT2D eigenvalue weighted by molar-refractivity contribution is 0.220. The van der Waals surface area contributed by atoms with Crippen molar-refractivity contribution in [1.82, 2.24) is 10.1 Å². The van der Waals surface area contributed by atoms with Crippen LogP contribution in [0, 0.1) is 18.7 Å². The van der Waals surface area contributed by atoms with Gasteiger partial charge in [-0.3, -0.25) is 0 Å². The molecule has 25 heavy (non-hydrogen) atoms. The Kier molecular flexibility index (Phi) is 4.19. The van der Waals surface area contributed by atoms with Gasteiger partial charge in [0.25, 0.3) is 0 Å². The summed E-state index contributed by atoms with van der Waals surface area (Å²) in [6.07, 6.45) is 4.02. The molecule has 2 aromatic rings. The molecule has 1 saturated heterocycles. The zero-order valence-corrected chi connectivity index (χ0v) is 14.3. The lowest BCUT2D eigenvalue weighted by Crippen LogP contribution is -2.33. The van der Waals surface area contributed by atoms with Crippen molar-refractivity contribution in [2.75, 3.05) is 18.4 Å². The Balaban J connectivity index is 1.36. The zero-order chi connectivity index (χ0) is 17.4. The Morgan fingerprint density at radius 2 is 2.08 bits per heavy atom. The summed E-state index contributed by atoms with van der Waals surface area (Å²) in [6, 6.07) is 6.53. The highest BCUT2D eigenvalue weighted by atomic mass is 19.1. The third-order valence-corrected chi connectivity index (χ3v) is 5.08. The molecule has 2 heterocycles. The number of hydrogen-bond donors (Lipinski definition) is 1. The summed E-state index contributed by atoms with van der Waals surface area (Å²) in [5.74, 6) is 1.41. The van der Waals surface area contributed by atoms with Crippen molar-refractivity contribution >= 4 is 11.7 Å². The molecule has 2 amide bonds. The molecule has 1 aromatic carbocycles. The van der Waals surface area contributed by atoms with Gasteiger partial charge < -0.3 is 14.7 Å². The summed E-state index contributed by atoms with van der Waals surface area (Å²) in [4.78, 5) is 14.4. The van der Waals surface area contributed by atoms with Crippen molar-refractivity contribution in [2.24, 2.45) is 5.92 Å². The quantitative estimate of drug-likeness (QED) is 0.909. The maximum atomic E-state index is 13.0. The second kappa shape index (κ2) is 6.50. The first kappa shape index (κ1) is 16.1. The van der Waals surface area contributed by atoms with Gasteiger partial charge in [-0.2, -0.15) is 0 Å². The van der Waals surface area contributed by atoms with E-state index in [0.717, 1.165) is 54.9 Å². The van der Waals surface area contributed by atoms with E-state index in [2.05, 4.69) is 10.5 Å². The second-order valence-electron chi connectivity index (χ2n) is 7.14. The Bertz CT molecular complexity index is 767. The van der Waals surface area contributed by atoms with Gasteiger partial charge in [-0.25, -0.2) is 9.18 Å². The fourth-order valence-electron chi connectivity index (χ4n) is 3.49. The number of aryl methyl sites for hydroxylation is 1. The van der Waals surface area contributed by atoms with E-state index in [-0.39, 0.29) is 11.8 Å². The van der Waals surface area contributed by atoms with Crippen LogP contribution in [0.25, 0.3) is 0 Å². The van der Waals surface area contributed by atoms with Crippen molar-refractivity contribution in [2.45, 2.75) is 38.5 Å². The maximum absolute atomic E-state index is 13.0. The Morgan fingerprint density at radius 1 is 1.32 bits per heavy atom. The molecule has 1 atom stereocenters. The summed E-state index contributed by atoms with van der Waals surface area (Å²) in [7, 11) is 0. The van der Waals surface area contributed by atoms with Gasteiger partial charge in [-0.15, -0.1) is 0 Å². The molecule has 0 unspecified atom stereocenters. The minimum Gasteiger partial charge on any atom is -0.359 e. The molecule has 5 nitrogen and oxygen atoms in total. The van der Waals surface area contributed by atoms with E-state index < -0.39 is 0 Å². The van der Waals surface area contributed by atoms with Crippen LogP contribution in [0.2, 0.25) is 0 Å². The minimum atomic E-state index is -0.216. The fraction of sp³-hybridized carbons (Fsp3) is 0.474. The smallest absolute Gasteiger partial charge is 0.322 e. The monoisotopic (exact) mass is 343 g/mol. The van der Waals surface area contributed by atoms with Gasteiger partial charge >= 0.3 is 6.03 Å². The highest BCUT2D eigenvalue weighted by molar-refractivity contribution is 5.90. The lowest BCUT2D eigenvalue weighted by atomic mass is 9.99. The lowest BCUT2D eigenvalue weighted by Gasteiger charge is -2.17. The van der Waals surface area contributed by atoms with Crippen LogP contribution in [0.15, 0.2) is 28.8 Å². The van der Waals surface area contributed by atoms with Crippen molar-refractivity contribution in [1.29, 1.82) is 0 Å². The standard InChI is InChI=1S/C19H22FN3O2/c1-12-17(18(25-22-12)15-4-5-15)21-19(24)23-9-8-14(11-23)10-13-2-6-16(20)7-3-13/h2-3,6-7,14-15H,4-5,8-11H2,1H3,(H,21,24)/t14-/m0/s1. The molecule has 1 N–H and O–H groups in total. The highest BCUT2D eigenvalue weighted by Crippen LogP contribution is 2.44. The van der Waals surface area contributed by atoms with Crippen LogP contribution >= 0.6 is 0 Å². The van der Waals surface area contributed by atoms with Crippen molar-refractivity contribution < 1.29 is 13.7 Å². The molecular formula is C19H22FN3O2. The first-order chi connectivity index (χ1) is 12.1. The maximum Gasteiger partial charge on any atom is 0.322 e. The SMILES string of the molecule is Cc1noc(C2CC2)c1NC(=O)N1CC[C@@H](Cc2ccc(F)cc2)C1. The topological polar surface area (TPSA) is 58.4 Å². The van der Waals surface area contributed by atoms with Gasteiger partial charge in [0.2, 0.25) is 0 Å². The van der Waals surface area contributed by atoms with Gasteiger partial charge in [0, 0.05) is 19.0 Å². The molecule has 1 aromatic heterocycles. The summed E-state index contributed by atoms with van der Waals surface area (Å²) >= 11 is 0. The molecule has 1 aliphatic carbocycles. The summed E-state index contributed by atoms with van der Waals surface area (Å²) in [5, 5.41) is 6.99. The number of anilines is 1. The predicted octanol–water partition coefficient (Wildman–Crippen LogP) is 4.10. The van der Waals surface area contributed by atoms with E-state index in [1.54, 1.807) is 0 Å². The van der Waals surface area contributed by atoms with Gasteiger partial charge in [0.15, 0.2) is 5.76 Å². The van der Waals surface area contributed by atoms with E-state index >= 15 is 0 Å². The number of likely N-dealkylation sites (tertiary alicyclic amines) is 1. The molecule has 4 rings (SSSR count). The largest absolute Gasteiger partial charge is 0.359 e. The number of aromatic nitrogens is 1. The van der Waals surface area contributed by atoms with Crippen molar-refractivity contribution in [3.05, 3.63) is 47.1 Å². The number of amides is 2. The van der Waals surface area contributed by atoms with Crippen LogP contribution in [0.3, 0.4) is 0 Å². The van der Waals surface area contributed by atoms with Crippen LogP contribution in [-0.2, 0) is 6.42 Å². The third kappa shape index (κ3) is 3.52. The van der Waals surface area contributed by atoms with Gasteiger partial charge in [0.1, 0.15) is 17.2 Å². The van der Waals surface area contributed by atoms with Crippen molar-refractivity contribution in [3.8, 4) is 0 Å². The molecule has 0 bridgehead atoms. The number of benzene rings is 1. The molecule has 1 saturated carbocycles. The van der Waals surface area contributed by atoms with E-state index in [1.165, 1.54) is 12.1 Å². The molecule has 0 radical (unpaired) electrons. The van der Waals surface area contributed by atoms with Gasteiger partial charge in [-0.1, -0.05) is 17.3 Å². The van der Waals surface area contributed by atoms with Crippen LogP contribution in [0.5, 0.6) is 0 Å². The minimum absolute atomic E-state index is 0.0881. The first-order valence-corrected chi connectivity index (χ1v) is 8.86. The third-order valence-electron chi connectivity index (χ3n) is 5.08. The molecule has 132 valence electrons. The molecule has 2 aliphatic rings. The van der Waals surface area contributed by atoms with Gasteiger partial charge in [-0.05, 0) is 56.2 Å². The number of urea groups is 1. The number of halogens is 1. The normalized spacial score (nSPS) is 20.1. The number of rotatable bonds is 4. The van der Waals surface area contributed by atoms with Crippen LogP contribution in [0.4, 0.5) is 14.9 Å². The summed E-state index contributed by atoms with van der Waals surface area (Å²) in [5.41, 5.74) is 2.59. The van der Waals surface area contributed by atoms with Crippen LogP contribution in [-0.4, -0.2) is 29.2 Å². The Hall–Kier alpha value is -2.37. The zero-order valence-electron chi connectivity index (χ0n) is 14.3. The van der Waals surface area contributed by atoms with E-state index in [9.17, 15) is 9.18 Å². The van der Waals surface area contributed by atoms with Crippen molar-refractivity contribution in [3.63, 3.8) is 0 Å². The summed E-state index contributed by atoms with van der Waals surface area (Å²) < 4.78 is 18.4. The highest BCUT2D eigenvalue weighted by Gasteiger charge is 2.33. The predicted molar refractivity (Wildman–Crippen MR) is 92.0 cm³/mol. The van der Waals surface area contributed by atoms with E-state index in [1.807, 2.05) is 24.0 Å². The van der Waals surface area contributed by atoms with E-state index in [4.69, 9.17) is 4.52 Å². The molecule has 6 heteroatoms. The average Bonchev–Trinajstić information content (AvgIpc) is 3.23. The molecule has 1 aliphatic heterocycles. The Labute approximate surface area is 146 Å². The van der Waals surface area contributed by atoms with Crippen LogP contribution in [0.1, 0.15) is 42.2 Å².